The van der Waals surface area contributed by atoms with E-state index in [0.29, 0.717) is 6.54 Å². The summed E-state index contributed by atoms with van der Waals surface area (Å²) < 4.78 is 5.95. The van der Waals surface area contributed by atoms with Crippen LogP contribution in [0.1, 0.15) is 21.9 Å². The monoisotopic (exact) mass is 409 g/mol. The Kier molecular flexibility index (Phi) is 5.89. The van der Waals surface area contributed by atoms with Crippen molar-refractivity contribution < 1.29 is 9.53 Å². The lowest BCUT2D eigenvalue weighted by Gasteiger charge is -2.26. The number of hydrogen-bond acceptors (Lipinski definition) is 3. The summed E-state index contributed by atoms with van der Waals surface area (Å²) in [6.07, 6.45) is 0. The maximum absolute atomic E-state index is 13.1. The Balaban J connectivity index is 1.53. The molecular formula is C23H20ClNO2S. The van der Waals surface area contributed by atoms with Crippen LogP contribution in [0.5, 0.6) is 11.5 Å². The molecule has 2 atom stereocenters. The predicted molar refractivity (Wildman–Crippen MR) is 115 cm³/mol. The summed E-state index contributed by atoms with van der Waals surface area (Å²) >= 11 is 8.25. The number of rotatable bonds is 5. The number of ether oxygens (including phenoxy) is 1. The molecule has 1 aliphatic heterocycles. The van der Waals surface area contributed by atoms with Crippen molar-refractivity contribution in [2.24, 2.45) is 0 Å². The number of hydrogen-bond donors (Lipinski definition) is 0. The molecule has 1 amide bonds. The van der Waals surface area contributed by atoms with Gasteiger partial charge < -0.3 is 9.64 Å². The van der Waals surface area contributed by atoms with Crippen molar-refractivity contribution in [3.8, 4) is 11.5 Å². The first kappa shape index (κ1) is 18.9. The summed E-state index contributed by atoms with van der Waals surface area (Å²) in [6, 6.07) is 27.1. The highest BCUT2D eigenvalue weighted by atomic mass is 35.5. The number of amides is 1. The summed E-state index contributed by atoms with van der Waals surface area (Å²) in [5.41, 5.74) is 1.87. The maximum Gasteiger partial charge on any atom is 0.246 e. The molecule has 0 radical (unpaired) electrons. The van der Waals surface area contributed by atoms with Gasteiger partial charge in [0.15, 0.2) is 0 Å². The van der Waals surface area contributed by atoms with E-state index in [-0.39, 0.29) is 11.3 Å². The molecule has 1 heterocycles. The number of carbonyl (C=O) groups excluding carboxylic acids is 1. The molecule has 28 heavy (non-hydrogen) atoms. The molecule has 4 rings (SSSR count). The summed E-state index contributed by atoms with van der Waals surface area (Å²) in [4.78, 5) is 14.9. The topological polar surface area (TPSA) is 29.5 Å². The fraction of sp³-hybridized carbons (Fsp3) is 0.174. The van der Waals surface area contributed by atoms with Crippen molar-refractivity contribution in [2.75, 3.05) is 12.3 Å². The Bertz CT molecular complexity index is 936. The molecule has 0 spiro atoms. The van der Waals surface area contributed by atoms with Crippen LogP contribution in [-0.4, -0.2) is 23.1 Å². The zero-order valence-corrected chi connectivity index (χ0v) is 16.8. The Morgan fingerprint density at radius 3 is 2.39 bits per heavy atom. The Hall–Kier alpha value is -2.43. The zero-order valence-electron chi connectivity index (χ0n) is 15.2. The van der Waals surface area contributed by atoms with E-state index in [2.05, 4.69) is 0 Å². The van der Waals surface area contributed by atoms with Crippen LogP contribution in [0.3, 0.4) is 0 Å². The second kappa shape index (κ2) is 8.72. The molecule has 1 saturated heterocycles. The maximum atomic E-state index is 13.1. The highest BCUT2D eigenvalue weighted by Gasteiger charge is 2.34. The van der Waals surface area contributed by atoms with Crippen LogP contribution >= 0.6 is 23.4 Å². The molecule has 1 aliphatic rings. The lowest BCUT2D eigenvalue weighted by molar-refractivity contribution is -0.131. The van der Waals surface area contributed by atoms with Gasteiger partial charge in [0.05, 0.1) is 0 Å². The first-order valence-electron chi connectivity index (χ1n) is 9.16. The van der Waals surface area contributed by atoms with Gasteiger partial charge in [0.25, 0.3) is 0 Å². The van der Waals surface area contributed by atoms with Crippen molar-refractivity contribution in [1.29, 1.82) is 0 Å². The minimum Gasteiger partial charge on any atom is -0.457 e. The van der Waals surface area contributed by atoms with E-state index in [1.165, 1.54) is 0 Å². The van der Waals surface area contributed by atoms with Crippen molar-refractivity contribution >= 4 is 29.3 Å². The van der Waals surface area contributed by atoms with Crippen molar-refractivity contribution in [3.63, 3.8) is 0 Å². The van der Waals surface area contributed by atoms with Crippen LogP contribution in [0.25, 0.3) is 0 Å². The van der Waals surface area contributed by atoms with Gasteiger partial charge in [0.1, 0.15) is 22.2 Å². The molecule has 5 heteroatoms. The number of carbonyl (C=O) groups is 1. The molecule has 142 valence electrons. The zero-order chi connectivity index (χ0) is 19.3. The third-order valence-electron chi connectivity index (χ3n) is 4.61. The lowest BCUT2D eigenvalue weighted by atomic mass is 10.1. The number of alkyl halides is 1. The van der Waals surface area contributed by atoms with E-state index >= 15 is 0 Å². The van der Waals surface area contributed by atoms with Crippen LogP contribution in [-0.2, 0) is 4.79 Å². The van der Waals surface area contributed by atoms with E-state index in [9.17, 15) is 4.79 Å². The number of halogens is 1. The third kappa shape index (κ3) is 4.18. The van der Waals surface area contributed by atoms with Gasteiger partial charge in [-0.15, -0.1) is 23.4 Å². The van der Waals surface area contributed by atoms with E-state index < -0.39 is 5.38 Å². The molecule has 2 unspecified atom stereocenters. The van der Waals surface area contributed by atoms with Gasteiger partial charge in [-0.05, 0) is 35.4 Å². The largest absolute Gasteiger partial charge is 0.457 e. The van der Waals surface area contributed by atoms with Crippen LogP contribution in [0.4, 0.5) is 0 Å². The fourth-order valence-electron chi connectivity index (χ4n) is 3.24. The predicted octanol–water partition coefficient (Wildman–Crippen LogP) is 6.03. The van der Waals surface area contributed by atoms with Gasteiger partial charge in [0, 0.05) is 12.3 Å². The quantitative estimate of drug-likeness (QED) is 0.481. The van der Waals surface area contributed by atoms with Gasteiger partial charge in [-0.25, -0.2) is 0 Å². The van der Waals surface area contributed by atoms with E-state index in [1.807, 2.05) is 89.8 Å². The highest BCUT2D eigenvalue weighted by Crippen LogP contribution is 2.41. The molecule has 3 aromatic carbocycles. The highest BCUT2D eigenvalue weighted by molar-refractivity contribution is 7.99. The molecule has 1 fully saturated rings. The number of thioether (sulfide) groups is 1. The van der Waals surface area contributed by atoms with Crippen LogP contribution < -0.4 is 4.74 Å². The molecule has 0 aliphatic carbocycles. The molecule has 3 nitrogen and oxygen atoms in total. The van der Waals surface area contributed by atoms with Crippen LogP contribution in [0.15, 0.2) is 84.9 Å². The molecule has 0 saturated carbocycles. The van der Waals surface area contributed by atoms with Gasteiger partial charge in [-0.2, -0.15) is 0 Å². The molecule has 0 N–H and O–H groups in total. The van der Waals surface area contributed by atoms with Gasteiger partial charge >= 0.3 is 0 Å². The molecule has 0 aromatic heterocycles. The third-order valence-corrected chi connectivity index (χ3v) is 6.30. The number of nitrogens with zero attached hydrogens (tertiary/aromatic N) is 1. The average Bonchev–Trinajstić information content (AvgIpc) is 3.24. The molecule has 3 aromatic rings. The van der Waals surface area contributed by atoms with Crippen LogP contribution in [0, 0.1) is 0 Å². The smallest absolute Gasteiger partial charge is 0.246 e. The second-order valence-electron chi connectivity index (χ2n) is 6.52. The SMILES string of the molecule is O=C(C(Cl)c1ccccc1)N1CCSC1c1cccc(Oc2ccccc2)c1. The number of para-hydroxylation sites is 1. The van der Waals surface area contributed by atoms with E-state index in [4.69, 9.17) is 16.3 Å². The number of benzene rings is 3. The van der Waals surface area contributed by atoms with Crippen molar-refractivity contribution in [2.45, 2.75) is 10.8 Å². The average molecular weight is 410 g/mol. The normalized spacial score (nSPS) is 17.3. The first-order valence-corrected chi connectivity index (χ1v) is 10.6. The summed E-state index contributed by atoms with van der Waals surface area (Å²) in [5.74, 6) is 2.38. The fourth-order valence-corrected chi connectivity index (χ4v) is 4.76. The van der Waals surface area contributed by atoms with Gasteiger partial charge in [-0.1, -0.05) is 60.7 Å². The molecule has 0 bridgehead atoms. The summed E-state index contributed by atoms with van der Waals surface area (Å²) in [5, 5.41) is -0.733. The Labute approximate surface area is 174 Å². The summed E-state index contributed by atoms with van der Waals surface area (Å²) in [7, 11) is 0. The van der Waals surface area contributed by atoms with E-state index in [0.717, 1.165) is 28.4 Å². The van der Waals surface area contributed by atoms with E-state index in [1.54, 1.807) is 11.8 Å². The van der Waals surface area contributed by atoms with Gasteiger partial charge in [0.2, 0.25) is 5.91 Å². The minimum absolute atomic E-state index is 0.0581. The minimum atomic E-state index is -0.675. The van der Waals surface area contributed by atoms with Gasteiger partial charge in [-0.3, -0.25) is 4.79 Å². The second-order valence-corrected chi connectivity index (χ2v) is 8.14. The van der Waals surface area contributed by atoms with Crippen molar-refractivity contribution in [1.82, 2.24) is 4.90 Å². The van der Waals surface area contributed by atoms with Crippen LogP contribution in [0.2, 0.25) is 0 Å². The Morgan fingerprint density at radius 2 is 1.64 bits per heavy atom. The summed E-state index contributed by atoms with van der Waals surface area (Å²) in [6.45, 7) is 0.688. The lowest BCUT2D eigenvalue weighted by Crippen LogP contribution is -2.33. The first-order chi connectivity index (χ1) is 13.7. The van der Waals surface area contributed by atoms with Crippen molar-refractivity contribution in [3.05, 3.63) is 96.1 Å². The standard InChI is InChI=1S/C23H20ClNO2S/c24-21(17-8-3-1-4-9-17)22(26)25-14-15-28-23(25)18-10-7-13-20(16-18)27-19-11-5-2-6-12-19/h1-13,16,21,23H,14-15H2. The Morgan fingerprint density at radius 1 is 0.964 bits per heavy atom. The molecular weight excluding hydrogens is 390 g/mol.